The summed E-state index contributed by atoms with van der Waals surface area (Å²) in [4.78, 5) is 72.2. The lowest BCUT2D eigenvalue weighted by Crippen LogP contribution is -2.60. The number of likely N-dealkylation sites (tertiary alicyclic amines) is 1. The Morgan fingerprint density at radius 1 is 0.970 bits per heavy atom. The number of halogens is 3. The fourth-order valence-electron chi connectivity index (χ4n) is 9.75. The van der Waals surface area contributed by atoms with Gasteiger partial charge in [-0.2, -0.15) is 15.1 Å². The molecule has 1 unspecified atom stereocenters. The van der Waals surface area contributed by atoms with E-state index in [-0.39, 0.29) is 93.0 Å². The molecule has 66 heavy (non-hydrogen) atoms. The number of likely N-dealkylation sites (N-methyl/N-ethyl adjacent to an activating group) is 1. The van der Waals surface area contributed by atoms with Gasteiger partial charge in [-0.3, -0.25) is 14.5 Å². The van der Waals surface area contributed by atoms with Gasteiger partial charge in [0.05, 0.1) is 41.0 Å². The van der Waals surface area contributed by atoms with Crippen molar-refractivity contribution in [1.29, 1.82) is 0 Å². The van der Waals surface area contributed by atoms with Gasteiger partial charge >= 0.3 is 6.09 Å². The number of hydrogen-bond acceptors (Lipinski definition) is 13. The van der Waals surface area contributed by atoms with Crippen LogP contribution >= 0.6 is 0 Å². The zero-order valence-electron chi connectivity index (χ0n) is 37.3. The van der Waals surface area contributed by atoms with Crippen LogP contribution in [0, 0.1) is 29.8 Å². The number of benzene rings is 2. The first-order valence-electron chi connectivity index (χ1n) is 21.9. The number of fused-ring (bicyclic) bond motifs is 6. The van der Waals surface area contributed by atoms with E-state index in [2.05, 4.69) is 20.4 Å². The van der Waals surface area contributed by atoms with E-state index in [9.17, 15) is 18.8 Å². The molecule has 4 aliphatic rings. The molecule has 21 heteroatoms. The largest absolute Gasteiger partial charge is 0.444 e. The van der Waals surface area contributed by atoms with Gasteiger partial charge in [0.1, 0.15) is 40.6 Å². The summed E-state index contributed by atoms with van der Waals surface area (Å²) in [6.07, 6.45) is 2.40. The average molecular weight is 908 g/mol. The second kappa shape index (κ2) is 15.9. The minimum atomic E-state index is -0.897. The van der Waals surface area contributed by atoms with Crippen LogP contribution in [0.15, 0.2) is 48.8 Å². The lowest BCUT2D eigenvalue weighted by Gasteiger charge is -2.47. The fourth-order valence-corrected chi connectivity index (χ4v) is 9.75. The third-order valence-electron chi connectivity index (χ3n) is 12.6. The van der Waals surface area contributed by atoms with Crippen molar-refractivity contribution < 1.29 is 37.0 Å². The number of hydrogen-bond donors (Lipinski definition) is 1. The Labute approximate surface area is 376 Å². The van der Waals surface area contributed by atoms with E-state index >= 15 is 8.78 Å². The fraction of sp³-hybridized carbons (Fsp3) is 0.444. The van der Waals surface area contributed by atoms with Crippen molar-refractivity contribution >= 4 is 57.7 Å². The SMILES string of the molecule is CCO[C@H]1CN(C)C(=O)[C@@H]2CC(CN2c2nc(N3CC4(CC3=O)CN(C(=O)OC(C)(C)C)C4)nc3c2cnn3-c2ccc(F)cc2F)Nc2nccc(n2)-c2cc(F)cc3nc(C)n(c23)C1. The number of nitrogens with one attached hydrogen (secondary N) is 1. The van der Waals surface area contributed by atoms with E-state index in [1.807, 2.05) is 23.3 Å². The van der Waals surface area contributed by atoms with Crippen LogP contribution in [-0.4, -0.2) is 137 Å². The van der Waals surface area contributed by atoms with Crippen LogP contribution in [-0.2, 0) is 25.6 Å². The molecule has 3 atom stereocenters. The first-order chi connectivity index (χ1) is 31.5. The topological polar surface area (TPSA) is 182 Å². The Morgan fingerprint density at radius 3 is 2.53 bits per heavy atom. The molecule has 4 aromatic heterocycles. The maximum Gasteiger partial charge on any atom is 0.410 e. The molecule has 6 aromatic rings. The highest BCUT2D eigenvalue weighted by molar-refractivity contribution is 5.99. The van der Waals surface area contributed by atoms with Crippen LogP contribution in [0.5, 0.6) is 0 Å². The third kappa shape index (κ3) is 7.67. The number of amides is 3. The van der Waals surface area contributed by atoms with Gasteiger partial charge in [0.15, 0.2) is 11.5 Å². The first kappa shape index (κ1) is 43.0. The zero-order chi connectivity index (χ0) is 46.4. The van der Waals surface area contributed by atoms with Gasteiger partial charge in [0, 0.05) is 88.1 Å². The number of aromatic nitrogens is 8. The van der Waals surface area contributed by atoms with Gasteiger partial charge in [0.2, 0.25) is 23.7 Å². The average Bonchev–Trinajstić information content (AvgIpc) is 4.02. The molecule has 4 aliphatic heterocycles. The van der Waals surface area contributed by atoms with Crippen LogP contribution < -0.4 is 15.1 Å². The summed E-state index contributed by atoms with van der Waals surface area (Å²) in [6.45, 7) is 10.8. The van der Waals surface area contributed by atoms with Gasteiger partial charge in [-0.1, -0.05) is 0 Å². The molecule has 4 bridgehead atoms. The van der Waals surface area contributed by atoms with Gasteiger partial charge in [-0.05, 0) is 65.3 Å². The number of nitrogens with zero attached hydrogens (tertiary/aromatic N) is 12. The molecule has 344 valence electrons. The van der Waals surface area contributed by atoms with Gasteiger partial charge < -0.3 is 34.1 Å². The van der Waals surface area contributed by atoms with E-state index in [0.717, 1.165) is 12.1 Å². The van der Waals surface area contributed by atoms with Crippen LogP contribution in [0.3, 0.4) is 0 Å². The highest BCUT2D eigenvalue weighted by Crippen LogP contribution is 2.43. The predicted molar refractivity (Wildman–Crippen MR) is 235 cm³/mol. The summed E-state index contributed by atoms with van der Waals surface area (Å²) >= 11 is 0. The minimum Gasteiger partial charge on any atom is -0.444 e. The molecule has 0 radical (unpaired) electrons. The van der Waals surface area contributed by atoms with Crippen LogP contribution in [0.4, 0.5) is 35.7 Å². The summed E-state index contributed by atoms with van der Waals surface area (Å²) in [5.74, 6) is -1.61. The van der Waals surface area contributed by atoms with E-state index in [1.165, 1.54) is 34.0 Å². The third-order valence-corrected chi connectivity index (χ3v) is 12.6. The second-order valence-corrected chi connectivity index (χ2v) is 18.6. The normalized spacial score (nSPS) is 20.8. The molecule has 18 nitrogen and oxygen atoms in total. The maximum absolute atomic E-state index is 15.5. The molecule has 10 rings (SSSR count). The van der Waals surface area contributed by atoms with Crippen molar-refractivity contribution in [3.05, 3.63) is 72.1 Å². The smallest absolute Gasteiger partial charge is 0.410 e. The Balaban J connectivity index is 1.07. The molecule has 1 spiro atoms. The Hall–Kier alpha value is -6.90. The van der Waals surface area contributed by atoms with E-state index in [0.29, 0.717) is 40.1 Å². The van der Waals surface area contributed by atoms with Crippen LogP contribution in [0.1, 0.15) is 46.4 Å². The summed E-state index contributed by atoms with van der Waals surface area (Å²) in [7, 11) is 1.70. The van der Waals surface area contributed by atoms with Crippen molar-refractivity contribution in [3.63, 3.8) is 0 Å². The number of carbonyl (C=O) groups excluding carboxylic acids is 3. The molecule has 3 fully saturated rings. The number of anilines is 3. The van der Waals surface area contributed by atoms with Crippen molar-refractivity contribution in [2.45, 2.75) is 77.8 Å². The van der Waals surface area contributed by atoms with Gasteiger partial charge in [-0.25, -0.2) is 37.6 Å². The van der Waals surface area contributed by atoms with Crippen molar-refractivity contribution in [1.82, 2.24) is 49.1 Å². The maximum atomic E-state index is 15.5. The zero-order valence-corrected chi connectivity index (χ0v) is 37.3. The Kier molecular flexibility index (Phi) is 10.4. The molecule has 3 amide bonds. The van der Waals surface area contributed by atoms with Crippen LogP contribution in [0.25, 0.3) is 39.0 Å². The molecular formula is C45H48F3N13O5. The Morgan fingerprint density at radius 2 is 1.77 bits per heavy atom. The molecule has 8 heterocycles. The van der Waals surface area contributed by atoms with E-state index in [1.54, 1.807) is 49.9 Å². The summed E-state index contributed by atoms with van der Waals surface area (Å²) in [5, 5.41) is 8.25. The van der Waals surface area contributed by atoms with E-state index < -0.39 is 52.7 Å². The van der Waals surface area contributed by atoms with Gasteiger partial charge in [-0.15, -0.1) is 0 Å². The molecule has 0 aliphatic carbocycles. The predicted octanol–water partition coefficient (Wildman–Crippen LogP) is 5.26. The molecule has 1 N–H and O–H groups in total. The van der Waals surface area contributed by atoms with Crippen molar-refractivity contribution in [2.24, 2.45) is 5.41 Å². The number of ether oxygens (including phenoxy) is 2. The highest BCUT2D eigenvalue weighted by Gasteiger charge is 2.54. The molecule has 3 saturated heterocycles. The summed E-state index contributed by atoms with van der Waals surface area (Å²) < 4.78 is 60.0. The summed E-state index contributed by atoms with van der Waals surface area (Å²) in [5.41, 5.74) is 0.812. The Bertz CT molecular complexity index is 2950. The van der Waals surface area contributed by atoms with Gasteiger partial charge in [0.25, 0.3) is 0 Å². The quantitative estimate of drug-likeness (QED) is 0.237. The highest BCUT2D eigenvalue weighted by atomic mass is 19.1. The molecule has 2 aromatic carbocycles. The van der Waals surface area contributed by atoms with E-state index in [4.69, 9.17) is 24.4 Å². The number of rotatable bonds is 5. The van der Waals surface area contributed by atoms with Crippen molar-refractivity contribution in [3.8, 4) is 16.9 Å². The monoisotopic (exact) mass is 907 g/mol. The minimum absolute atomic E-state index is 0.0159. The number of aryl methyl sites for hydroxylation is 1. The first-order valence-corrected chi connectivity index (χ1v) is 21.9. The summed E-state index contributed by atoms with van der Waals surface area (Å²) in [6, 6.07) is 6.28. The standard InChI is InChI=1S/C45H48F3N13O5/c1-7-65-28-19-56(6)40(63)35-15-27(52-41-49-11-10-32(53-41)29-12-26(47)14-33-37(29)58(20-28)24(2)51-33)18-59(35)38-30-17-50-61(34-9-8-25(46)13-31(34)48)39(30)55-42(54-38)60-23-45(16-36(60)62)21-57(22-45)43(64)66-44(3,4)5/h8-14,17,27-28,35H,7,15-16,18-23H2,1-6H3,(H,49,52,53)/t27?,28-,35-/m0/s1. The lowest BCUT2D eigenvalue weighted by atomic mass is 9.79. The molecular weight excluding hydrogens is 860 g/mol. The second-order valence-electron chi connectivity index (χ2n) is 18.6. The van der Waals surface area contributed by atoms with Crippen LogP contribution in [0.2, 0.25) is 0 Å². The molecule has 0 saturated carbocycles. The lowest BCUT2D eigenvalue weighted by molar-refractivity contribution is -0.133. The number of carbonyl (C=O) groups is 3. The number of imidazole rings is 1. The van der Waals surface area contributed by atoms with Crippen molar-refractivity contribution in [2.75, 3.05) is 61.5 Å².